The van der Waals surface area contributed by atoms with E-state index in [0.717, 1.165) is 42.0 Å². The lowest BCUT2D eigenvalue weighted by molar-refractivity contribution is -0.137. The van der Waals surface area contributed by atoms with Gasteiger partial charge in [0, 0.05) is 0 Å². The number of aliphatic hydroxyl groups is 1. The van der Waals surface area contributed by atoms with Crippen LogP contribution in [0.4, 0.5) is 13.2 Å². The lowest BCUT2D eigenvalue weighted by Gasteiger charge is -2.22. The quantitative estimate of drug-likeness (QED) is 0.804. The van der Waals surface area contributed by atoms with Crippen LogP contribution in [-0.2, 0) is 12.6 Å². The summed E-state index contributed by atoms with van der Waals surface area (Å²) in [6, 6.07) is 10.8. The molecule has 1 aliphatic carbocycles. The fraction of sp³-hybridized carbons (Fsp3) is 0.294. The maximum absolute atomic E-state index is 12.8. The monoisotopic (exact) mass is 292 g/mol. The van der Waals surface area contributed by atoms with Crippen molar-refractivity contribution in [1.82, 2.24) is 0 Å². The molecule has 0 saturated carbocycles. The standard InChI is InChI=1S/C17H15F3O/c18-17(19,20)14-5-1-3-11(10-14)12-7-8-15-13(9-12)4-2-6-16(15)21/h1,3,5,7-10,16,21H,2,4,6H2/t16-/m1/s1. The predicted octanol–water partition coefficient (Wildman–Crippen LogP) is 4.74. The SMILES string of the molecule is O[C@@H]1CCCc2cc(-c3cccc(C(F)(F)F)c3)ccc21. The molecule has 3 rings (SSSR count). The molecular weight excluding hydrogens is 277 g/mol. The first-order valence-corrected chi connectivity index (χ1v) is 6.94. The molecule has 1 atom stereocenters. The molecule has 1 N–H and O–H groups in total. The van der Waals surface area contributed by atoms with Gasteiger partial charge in [0.15, 0.2) is 0 Å². The molecule has 0 radical (unpaired) electrons. The number of benzene rings is 2. The summed E-state index contributed by atoms with van der Waals surface area (Å²) in [6.07, 6.45) is -2.28. The highest BCUT2D eigenvalue weighted by atomic mass is 19.4. The summed E-state index contributed by atoms with van der Waals surface area (Å²) in [6.45, 7) is 0. The third kappa shape index (κ3) is 2.81. The predicted molar refractivity (Wildman–Crippen MR) is 74.8 cm³/mol. The highest BCUT2D eigenvalue weighted by Crippen LogP contribution is 2.35. The summed E-state index contributed by atoms with van der Waals surface area (Å²) >= 11 is 0. The van der Waals surface area contributed by atoms with Crippen molar-refractivity contribution in [1.29, 1.82) is 0 Å². The number of halogens is 3. The molecule has 0 aliphatic heterocycles. The minimum Gasteiger partial charge on any atom is -0.388 e. The highest BCUT2D eigenvalue weighted by molar-refractivity contribution is 5.66. The minimum absolute atomic E-state index is 0.454. The van der Waals surface area contributed by atoms with Crippen LogP contribution < -0.4 is 0 Å². The van der Waals surface area contributed by atoms with E-state index in [4.69, 9.17) is 0 Å². The molecule has 21 heavy (non-hydrogen) atoms. The summed E-state index contributed by atoms with van der Waals surface area (Å²) in [5.74, 6) is 0. The first-order valence-electron chi connectivity index (χ1n) is 6.94. The van der Waals surface area contributed by atoms with Gasteiger partial charge in [-0.2, -0.15) is 13.2 Å². The summed E-state index contributed by atoms with van der Waals surface area (Å²) in [5.41, 5.74) is 2.60. The van der Waals surface area contributed by atoms with Crippen LogP contribution in [0.3, 0.4) is 0 Å². The van der Waals surface area contributed by atoms with E-state index in [0.29, 0.717) is 5.56 Å². The molecular formula is C17H15F3O. The largest absolute Gasteiger partial charge is 0.416 e. The second-order valence-corrected chi connectivity index (χ2v) is 5.40. The Morgan fingerprint density at radius 3 is 2.52 bits per heavy atom. The number of aliphatic hydroxyl groups excluding tert-OH is 1. The Balaban J connectivity index is 2.02. The summed E-state index contributed by atoms with van der Waals surface area (Å²) in [7, 11) is 0. The van der Waals surface area contributed by atoms with Crippen LogP contribution >= 0.6 is 0 Å². The average molecular weight is 292 g/mol. The van der Waals surface area contributed by atoms with E-state index in [-0.39, 0.29) is 0 Å². The van der Waals surface area contributed by atoms with E-state index in [9.17, 15) is 18.3 Å². The van der Waals surface area contributed by atoms with Crippen molar-refractivity contribution >= 4 is 0 Å². The summed E-state index contributed by atoms with van der Waals surface area (Å²) in [4.78, 5) is 0. The number of hydrogen-bond acceptors (Lipinski definition) is 1. The minimum atomic E-state index is -4.33. The zero-order chi connectivity index (χ0) is 15.0. The van der Waals surface area contributed by atoms with Gasteiger partial charge < -0.3 is 5.11 Å². The van der Waals surface area contributed by atoms with E-state index in [1.165, 1.54) is 12.1 Å². The average Bonchev–Trinajstić information content (AvgIpc) is 2.46. The van der Waals surface area contributed by atoms with Crippen LogP contribution in [0.15, 0.2) is 42.5 Å². The fourth-order valence-corrected chi connectivity index (χ4v) is 2.84. The van der Waals surface area contributed by atoms with E-state index >= 15 is 0 Å². The van der Waals surface area contributed by atoms with E-state index < -0.39 is 17.8 Å². The van der Waals surface area contributed by atoms with Crippen LogP contribution in [0.2, 0.25) is 0 Å². The van der Waals surface area contributed by atoms with Crippen LogP contribution in [0, 0.1) is 0 Å². The Hall–Kier alpha value is -1.81. The molecule has 2 aromatic carbocycles. The van der Waals surface area contributed by atoms with Crippen LogP contribution in [0.5, 0.6) is 0 Å². The van der Waals surface area contributed by atoms with Crippen LogP contribution in [0.25, 0.3) is 11.1 Å². The Labute approximate surface area is 121 Å². The van der Waals surface area contributed by atoms with Crippen molar-refractivity contribution in [3.63, 3.8) is 0 Å². The fourth-order valence-electron chi connectivity index (χ4n) is 2.84. The normalized spacial score (nSPS) is 18.4. The topological polar surface area (TPSA) is 20.2 Å². The van der Waals surface area contributed by atoms with Gasteiger partial charge in [0.1, 0.15) is 0 Å². The van der Waals surface area contributed by atoms with Gasteiger partial charge in [-0.25, -0.2) is 0 Å². The maximum atomic E-state index is 12.8. The van der Waals surface area contributed by atoms with Gasteiger partial charge in [-0.05, 0) is 53.6 Å². The molecule has 1 aliphatic rings. The van der Waals surface area contributed by atoms with Gasteiger partial charge >= 0.3 is 6.18 Å². The molecule has 0 spiro atoms. The van der Waals surface area contributed by atoms with Gasteiger partial charge in [-0.1, -0.05) is 30.3 Å². The van der Waals surface area contributed by atoms with Crippen molar-refractivity contribution in [3.05, 3.63) is 59.2 Å². The number of aryl methyl sites for hydroxylation is 1. The van der Waals surface area contributed by atoms with Crippen molar-refractivity contribution in [2.45, 2.75) is 31.5 Å². The molecule has 0 heterocycles. The molecule has 0 fully saturated rings. The molecule has 0 saturated heterocycles. The molecule has 0 amide bonds. The summed E-state index contributed by atoms with van der Waals surface area (Å²) in [5, 5.41) is 9.92. The third-order valence-electron chi connectivity index (χ3n) is 3.95. The van der Waals surface area contributed by atoms with Crippen molar-refractivity contribution in [2.24, 2.45) is 0 Å². The lowest BCUT2D eigenvalue weighted by Crippen LogP contribution is -2.09. The van der Waals surface area contributed by atoms with E-state index in [1.807, 2.05) is 12.1 Å². The van der Waals surface area contributed by atoms with Crippen molar-refractivity contribution in [3.8, 4) is 11.1 Å². The van der Waals surface area contributed by atoms with Gasteiger partial charge in [0.2, 0.25) is 0 Å². The number of hydrogen-bond donors (Lipinski definition) is 1. The van der Waals surface area contributed by atoms with Gasteiger partial charge in [0.25, 0.3) is 0 Å². The molecule has 4 heteroatoms. The molecule has 2 aromatic rings. The Kier molecular flexibility index (Phi) is 3.49. The lowest BCUT2D eigenvalue weighted by atomic mass is 9.87. The molecule has 0 bridgehead atoms. The van der Waals surface area contributed by atoms with E-state index in [1.54, 1.807) is 12.1 Å². The Morgan fingerprint density at radius 1 is 1.00 bits per heavy atom. The molecule has 1 nitrogen and oxygen atoms in total. The van der Waals surface area contributed by atoms with Gasteiger partial charge in [-0.3, -0.25) is 0 Å². The van der Waals surface area contributed by atoms with E-state index in [2.05, 4.69) is 0 Å². The zero-order valence-corrected chi connectivity index (χ0v) is 11.3. The molecule has 0 aromatic heterocycles. The Morgan fingerprint density at radius 2 is 1.76 bits per heavy atom. The van der Waals surface area contributed by atoms with Gasteiger partial charge in [-0.15, -0.1) is 0 Å². The first-order chi connectivity index (χ1) is 9.95. The second-order valence-electron chi connectivity index (χ2n) is 5.40. The van der Waals surface area contributed by atoms with Crippen molar-refractivity contribution < 1.29 is 18.3 Å². The number of rotatable bonds is 1. The van der Waals surface area contributed by atoms with Crippen LogP contribution in [-0.4, -0.2) is 5.11 Å². The third-order valence-corrected chi connectivity index (χ3v) is 3.95. The first kappa shape index (κ1) is 14.1. The smallest absolute Gasteiger partial charge is 0.388 e. The summed E-state index contributed by atoms with van der Waals surface area (Å²) < 4.78 is 38.3. The second kappa shape index (κ2) is 5.19. The van der Waals surface area contributed by atoms with Crippen molar-refractivity contribution in [2.75, 3.05) is 0 Å². The number of fused-ring (bicyclic) bond motifs is 1. The molecule has 0 unspecified atom stereocenters. The van der Waals surface area contributed by atoms with Gasteiger partial charge in [0.05, 0.1) is 11.7 Å². The Bertz CT molecular complexity index is 661. The maximum Gasteiger partial charge on any atom is 0.416 e. The number of alkyl halides is 3. The zero-order valence-electron chi connectivity index (χ0n) is 11.3. The molecule has 110 valence electrons. The van der Waals surface area contributed by atoms with Crippen LogP contribution in [0.1, 0.15) is 35.6 Å². The highest BCUT2D eigenvalue weighted by Gasteiger charge is 2.30.